The van der Waals surface area contributed by atoms with Gasteiger partial charge in [0, 0.05) is 11.9 Å². The lowest BCUT2D eigenvalue weighted by Gasteiger charge is -2.21. The smallest absolute Gasteiger partial charge is 0.254 e. The van der Waals surface area contributed by atoms with E-state index in [1.54, 1.807) is 19.1 Å². The topological polar surface area (TPSA) is 65.8 Å². The molecule has 1 aromatic rings. The average molecular weight is 217 g/mol. The monoisotopic (exact) mass is 217 g/mol. The van der Waals surface area contributed by atoms with Gasteiger partial charge in [0.2, 0.25) is 0 Å². The van der Waals surface area contributed by atoms with E-state index in [-0.39, 0.29) is 5.91 Å². The number of carbonyl (C=O) groups is 1. The molecule has 1 aromatic heterocycles. The summed E-state index contributed by atoms with van der Waals surface area (Å²) < 4.78 is 0. The number of amides is 1. The van der Waals surface area contributed by atoms with E-state index in [9.17, 15) is 4.79 Å². The van der Waals surface area contributed by atoms with Crippen molar-refractivity contribution in [1.29, 1.82) is 5.26 Å². The van der Waals surface area contributed by atoms with Crippen LogP contribution in [0, 0.1) is 18.3 Å². The fourth-order valence-electron chi connectivity index (χ4n) is 1.12. The van der Waals surface area contributed by atoms with Crippen LogP contribution in [-0.2, 0) is 0 Å². The van der Waals surface area contributed by atoms with Crippen LogP contribution < -0.4 is 5.32 Å². The van der Waals surface area contributed by atoms with Crippen molar-refractivity contribution >= 4 is 5.91 Å². The molecular formula is C12H15N3O. The van der Waals surface area contributed by atoms with Gasteiger partial charge in [-0.05, 0) is 32.4 Å². The molecule has 1 N–H and O–H groups in total. The van der Waals surface area contributed by atoms with E-state index in [0.717, 1.165) is 5.69 Å². The Labute approximate surface area is 95.3 Å². The van der Waals surface area contributed by atoms with Gasteiger partial charge in [-0.2, -0.15) is 5.26 Å². The summed E-state index contributed by atoms with van der Waals surface area (Å²) in [5, 5.41) is 11.6. The minimum atomic E-state index is -0.817. The first-order valence-corrected chi connectivity index (χ1v) is 5.17. The molecule has 0 saturated heterocycles. The highest BCUT2D eigenvalue weighted by molar-refractivity contribution is 5.94. The zero-order valence-corrected chi connectivity index (χ0v) is 9.74. The molecule has 1 amide bonds. The Bertz CT molecular complexity index is 419. The maximum atomic E-state index is 11.8. The largest absolute Gasteiger partial charge is 0.334 e. The molecule has 1 atom stereocenters. The molecule has 84 valence electrons. The van der Waals surface area contributed by atoms with Crippen LogP contribution in [0.4, 0.5) is 0 Å². The number of rotatable bonds is 3. The molecule has 16 heavy (non-hydrogen) atoms. The molecule has 1 rings (SSSR count). The highest BCUT2D eigenvalue weighted by atomic mass is 16.1. The van der Waals surface area contributed by atoms with Crippen molar-refractivity contribution in [2.45, 2.75) is 32.7 Å². The number of aromatic nitrogens is 1. The molecule has 0 saturated carbocycles. The van der Waals surface area contributed by atoms with Gasteiger partial charge in [0.15, 0.2) is 0 Å². The summed E-state index contributed by atoms with van der Waals surface area (Å²) in [5.74, 6) is -0.265. The van der Waals surface area contributed by atoms with Crippen molar-refractivity contribution in [2.24, 2.45) is 0 Å². The fraction of sp³-hybridized carbons (Fsp3) is 0.417. The first-order valence-electron chi connectivity index (χ1n) is 5.17. The summed E-state index contributed by atoms with van der Waals surface area (Å²) in [4.78, 5) is 15.8. The second-order valence-electron chi connectivity index (χ2n) is 3.94. The van der Waals surface area contributed by atoms with Gasteiger partial charge in [0.1, 0.15) is 5.54 Å². The van der Waals surface area contributed by atoms with Crippen LogP contribution in [0.3, 0.4) is 0 Å². The van der Waals surface area contributed by atoms with Crippen LogP contribution in [0.25, 0.3) is 0 Å². The molecule has 0 radical (unpaired) electrons. The van der Waals surface area contributed by atoms with Crippen molar-refractivity contribution in [3.8, 4) is 6.07 Å². The Morgan fingerprint density at radius 3 is 2.75 bits per heavy atom. The molecule has 0 bridgehead atoms. The molecule has 0 aliphatic heterocycles. The normalized spacial score (nSPS) is 13.6. The Hall–Kier alpha value is -1.89. The Morgan fingerprint density at radius 1 is 1.62 bits per heavy atom. The molecule has 4 nitrogen and oxygen atoms in total. The van der Waals surface area contributed by atoms with E-state index in [1.165, 1.54) is 6.20 Å². The fourth-order valence-corrected chi connectivity index (χ4v) is 1.12. The van der Waals surface area contributed by atoms with Crippen molar-refractivity contribution in [3.05, 3.63) is 29.6 Å². The lowest BCUT2D eigenvalue weighted by molar-refractivity contribution is 0.0922. The zero-order chi connectivity index (χ0) is 12.2. The maximum Gasteiger partial charge on any atom is 0.254 e. The predicted octanol–water partition coefficient (Wildman–Crippen LogP) is 1.81. The van der Waals surface area contributed by atoms with Crippen LogP contribution in [-0.4, -0.2) is 16.4 Å². The number of nitrogens with zero attached hydrogens (tertiary/aromatic N) is 2. The highest BCUT2D eigenvalue weighted by Gasteiger charge is 2.24. The number of pyridine rings is 1. The molecule has 0 fully saturated rings. The molecule has 0 spiro atoms. The van der Waals surface area contributed by atoms with E-state index in [0.29, 0.717) is 12.0 Å². The standard InChI is InChI=1S/C12H15N3O/c1-4-12(3,8-13)15-11(16)10-6-5-9(2)14-7-10/h5-7H,4H2,1-3H3,(H,15,16)/t12-/m0/s1. The second-order valence-corrected chi connectivity index (χ2v) is 3.94. The van der Waals surface area contributed by atoms with E-state index >= 15 is 0 Å². The summed E-state index contributed by atoms with van der Waals surface area (Å²) in [6, 6.07) is 5.56. The summed E-state index contributed by atoms with van der Waals surface area (Å²) in [7, 11) is 0. The number of aryl methyl sites for hydroxylation is 1. The number of hydrogen-bond donors (Lipinski definition) is 1. The van der Waals surface area contributed by atoms with Crippen LogP contribution in [0.2, 0.25) is 0 Å². The van der Waals surface area contributed by atoms with E-state index < -0.39 is 5.54 Å². The maximum absolute atomic E-state index is 11.8. The summed E-state index contributed by atoms with van der Waals surface area (Å²) in [5.41, 5.74) is 0.512. The highest BCUT2D eigenvalue weighted by Crippen LogP contribution is 2.09. The minimum absolute atomic E-state index is 0.265. The minimum Gasteiger partial charge on any atom is -0.334 e. The van der Waals surface area contributed by atoms with E-state index in [1.807, 2.05) is 13.8 Å². The first kappa shape index (κ1) is 12.2. The van der Waals surface area contributed by atoms with Crippen LogP contribution >= 0.6 is 0 Å². The van der Waals surface area contributed by atoms with Crippen LogP contribution in [0.5, 0.6) is 0 Å². The Morgan fingerprint density at radius 2 is 2.31 bits per heavy atom. The molecular weight excluding hydrogens is 202 g/mol. The molecule has 0 unspecified atom stereocenters. The third kappa shape index (κ3) is 2.80. The molecule has 4 heteroatoms. The third-order valence-electron chi connectivity index (χ3n) is 2.52. The lowest BCUT2D eigenvalue weighted by atomic mass is 10.0. The number of nitriles is 1. The van der Waals surface area contributed by atoms with Gasteiger partial charge in [0.25, 0.3) is 5.91 Å². The Balaban J connectivity index is 2.81. The van der Waals surface area contributed by atoms with E-state index in [4.69, 9.17) is 5.26 Å². The summed E-state index contributed by atoms with van der Waals surface area (Å²) in [6.45, 7) is 5.41. The van der Waals surface area contributed by atoms with Crippen LogP contribution in [0.15, 0.2) is 18.3 Å². The van der Waals surface area contributed by atoms with Gasteiger partial charge in [-0.15, -0.1) is 0 Å². The quantitative estimate of drug-likeness (QED) is 0.839. The Kier molecular flexibility index (Phi) is 3.62. The van der Waals surface area contributed by atoms with E-state index in [2.05, 4.69) is 16.4 Å². The van der Waals surface area contributed by atoms with Crippen molar-refractivity contribution in [2.75, 3.05) is 0 Å². The predicted molar refractivity (Wildman–Crippen MR) is 60.7 cm³/mol. The molecule has 0 aliphatic rings. The number of carbonyl (C=O) groups excluding carboxylic acids is 1. The number of nitrogens with one attached hydrogen (secondary N) is 1. The van der Waals surface area contributed by atoms with Gasteiger partial charge in [-0.1, -0.05) is 6.92 Å². The molecule has 1 heterocycles. The molecule has 0 aromatic carbocycles. The molecule has 0 aliphatic carbocycles. The summed E-state index contributed by atoms with van der Waals surface area (Å²) >= 11 is 0. The van der Waals surface area contributed by atoms with Gasteiger partial charge < -0.3 is 5.32 Å². The van der Waals surface area contributed by atoms with Gasteiger partial charge >= 0.3 is 0 Å². The third-order valence-corrected chi connectivity index (χ3v) is 2.52. The van der Waals surface area contributed by atoms with Crippen molar-refractivity contribution in [1.82, 2.24) is 10.3 Å². The van der Waals surface area contributed by atoms with Gasteiger partial charge in [-0.25, -0.2) is 0 Å². The lowest BCUT2D eigenvalue weighted by Crippen LogP contribution is -2.44. The van der Waals surface area contributed by atoms with Crippen LogP contribution in [0.1, 0.15) is 36.3 Å². The second kappa shape index (κ2) is 4.75. The van der Waals surface area contributed by atoms with Gasteiger partial charge in [-0.3, -0.25) is 9.78 Å². The first-order chi connectivity index (χ1) is 7.50. The van der Waals surface area contributed by atoms with Crippen molar-refractivity contribution < 1.29 is 4.79 Å². The van der Waals surface area contributed by atoms with Crippen molar-refractivity contribution in [3.63, 3.8) is 0 Å². The van der Waals surface area contributed by atoms with Gasteiger partial charge in [0.05, 0.1) is 11.6 Å². The zero-order valence-electron chi connectivity index (χ0n) is 9.74. The average Bonchev–Trinajstić information content (AvgIpc) is 2.29. The SMILES string of the molecule is CC[C@@](C)(C#N)NC(=O)c1ccc(C)nc1. The summed E-state index contributed by atoms with van der Waals surface area (Å²) in [6.07, 6.45) is 2.08. The number of hydrogen-bond acceptors (Lipinski definition) is 3.